The Bertz CT molecular complexity index is 819. The molecule has 0 saturated carbocycles. The van der Waals surface area contributed by atoms with Gasteiger partial charge in [-0.1, -0.05) is 23.7 Å². The number of rotatable bonds is 6. The van der Waals surface area contributed by atoms with Crippen molar-refractivity contribution in [2.45, 2.75) is 19.2 Å². The first-order valence-corrected chi connectivity index (χ1v) is 8.20. The molecular weight excluding hydrogens is 387 g/mol. The van der Waals surface area contributed by atoms with Crippen molar-refractivity contribution < 1.29 is 27.5 Å². The lowest BCUT2D eigenvalue weighted by molar-refractivity contribution is -0.123. The largest absolute Gasteiger partial charge is 0.484 e. The number of halogens is 4. The van der Waals surface area contributed by atoms with Gasteiger partial charge in [0.25, 0.3) is 11.8 Å². The second kappa shape index (κ2) is 8.34. The molecule has 0 aliphatic carbocycles. The summed E-state index contributed by atoms with van der Waals surface area (Å²) >= 11 is 5.84. The van der Waals surface area contributed by atoms with Crippen LogP contribution in [0.1, 0.15) is 39.6 Å². The molecule has 0 spiro atoms. The second-order valence-electron chi connectivity index (χ2n) is 5.61. The molecule has 1 atom stereocenters. The van der Waals surface area contributed by atoms with Crippen LogP contribution in [0.5, 0.6) is 5.75 Å². The highest BCUT2D eigenvalue weighted by Crippen LogP contribution is 2.27. The molecule has 1 aromatic heterocycles. The van der Waals surface area contributed by atoms with E-state index in [1.807, 2.05) is 0 Å². The summed E-state index contributed by atoms with van der Waals surface area (Å²) in [5.41, 5.74) is 0.457. The molecular formula is C17H17ClF3N3O3. The molecule has 0 radical (unpaired) electrons. The van der Waals surface area contributed by atoms with Crippen LogP contribution in [0, 0.1) is 0 Å². The van der Waals surface area contributed by atoms with Crippen LogP contribution in [0.3, 0.4) is 0 Å². The minimum atomic E-state index is -4.55. The van der Waals surface area contributed by atoms with Gasteiger partial charge in [-0.25, -0.2) is 0 Å². The van der Waals surface area contributed by atoms with Crippen LogP contribution in [-0.2, 0) is 0 Å². The van der Waals surface area contributed by atoms with Crippen molar-refractivity contribution in [3.63, 3.8) is 0 Å². The quantitative estimate of drug-likeness (QED) is 0.690. The SMILES string of the molecule is CNC(=O)c1[nH]c(C(=O)NCC(F)(F)F)cc1O[C@@H](C)c1ccc(Cl)cc1. The van der Waals surface area contributed by atoms with Crippen LogP contribution >= 0.6 is 11.6 Å². The topological polar surface area (TPSA) is 83.2 Å². The highest BCUT2D eigenvalue weighted by atomic mass is 35.5. The molecule has 0 fully saturated rings. The molecule has 3 N–H and O–H groups in total. The minimum Gasteiger partial charge on any atom is -0.484 e. The smallest absolute Gasteiger partial charge is 0.405 e. The zero-order valence-electron chi connectivity index (χ0n) is 14.4. The number of carbonyl (C=O) groups is 2. The molecule has 6 nitrogen and oxygen atoms in total. The zero-order valence-corrected chi connectivity index (χ0v) is 15.2. The Balaban J connectivity index is 2.23. The van der Waals surface area contributed by atoms with Crippen molar-refractivity contribution in [3.05, 3.63) is 52.3 Å². The van der Waals surface area contributed by atoms with E-state index >= 15 is 0 Å². The van der Waals surface area contributed by atoms with Gasteiger partial charge in [0.1, 0.15) is 24.0 Å². The van der Waals surface area contributed by atoms with E-state index in [1.165, 1.54) is 13.1 Å². The Morgan fingerprint density at radius 2 is 1.85 bits per heavy atom. The number of hydrogen-bond donors (Lipinski definition) is 3. The third-order valence-electron chi connectivity index (χ3n) is 3.57. The van der Waals surface area contributed by atoms with Crippen LogP contribution in [-0.4, -0.2) is 36.6 Å². The first-order chi connectivity index (χ1) is 12.6. The van der Waals surface area contributed by atoms with Crippen molar-refractivity contribution in [2.75, 3.05) is 13.6 Å². The van der Waals surface area contributed by atoms with Crippen LogP contribution in [0.2, 0.25) is 5.02 Å². The Hall–Kier alpha value is -2.68. The number of nitrogens with one attached hydrogen (secondary N) is 3. The molecule has 146 valence electrons. The molecule has 1 heterocycles. The fourth-order valence-corrected chi connectivity index (χ4v) is 2.34. The summed E-state index contributed by atoms with van der Waals surface area (Å²) in [7, 11) is 1.37. The molecule has 0 aliphatic heterocycles. The van der Waals surface area contributed by atoms with Gasteiger partial charge in [0.2, 0.25) is 0 Å². The summed E-state index contributed by atoms with van der Waals surface area (Å²) in [4.78, 5) is 26.4. The van der Waals surface area contributed by atoms with E-state index in [0.717, 1.165) is 5.56 Å². The van der Waals surface area contributed by atoms with Crippen LogP contribution in [0.15, 0.2) is 30.3 Å². The van der Waals surface area contributed by atoms with Crippen molar-refractivity contribution in [1.29, 1.82) is 0 Å². The summed E-state index contributed by atoms with van der Waals surface area (Å²) in [5.74, 6) is -1.55. The minimum absolute atomic E-state index is 0.0361. The molecule has 0 aliphatic rings. The number of aromatic nitrogens is 1. The van der Waals surface area contributed by atoms with Crippen LogP contribution < -0.4 is 15.4 Å². The number of amides is 2. The zero-order chi connectivity index (χ0) is 20.2. The number of hydrogen-bond acceptors (Lipinski definition) is 3. The van der Waals surface area contributed by atoms with Gasteiger partial charge in [-0.05, 0) is 24.6 Å². The number of benzene rings is 1. The molecule has 27 heavy (non-hydrogen) atoms. The number of ether oxygens (including phenoxy) is 1. The number of aromatic amines is 1. The monoisotopic (exact) mass is 403 g/mol. The maximum Gasteiger partial charge on any atom is 0.405 e. The summed E-state index contributed by atoms with van der Waals surface area (Å²) in [5, 5.41) is 4.65. The van der Waals surface area contributed by atoms with Gasteiger partial charge < -0.3 is 20.4 Å². The fourth-order valence-electron chi connectivity index (χ4n) is 2.21. The van der Waals surface area contributed by atoms with E-state index in [2.05, 4.69) is 10.3 Å². The van der Waals surface area contributed by atoms with Gasteiger partial charge >= 0.3 is 6.18 Å². The average Bonchev–Trinajstić information content (AvgIpc) is 3.02. The predicted octanol–water partition coefficient (Wildman–Crippen LogP) is 3.46. The Labute approximate surface area is 158 Å². The lowest BCUT2D eigenvalue weighted by Crippen LogP contribution is -2.34. The third-order valence-corrected chi connectivity index (χ3v) is 3.82. The summed E-state index contributed by atoms with van der Waals surface area (Å²) < 4.78 is 42.5. The molecule has 2 rings (SSSR count). The molecule has 10 heteroatoms. The van der Waals surface area contributed by atoms with E-state index < -0.39 is 30.6 Å². The molecule has 2 aromatic rings. The lowest BCUT2D eigenvalue weighted by atomic mass is 10.1. The standard InChI is InChI=1S/C17H17ClF3N3O3/c1-9(10-3-5-11(18)6-4-10)27-13-7-12(24-14(13)16(26)22-2)15(25)23-8-17(19,20)21/h3-7,9,24H,8H2,1-2H3,(H,22,26)(H,23,25)/t9-/m0/s1. The summed E-state index contributed by atoms with van der Waals surface area (Å²) in [6, 6.07) is 7.99. The average molecular weight is 404 g/mol. The Morgan fingerprint density at radius 1 is 1.22 bits per heavy atom. The van der Waals surface area contributed by atoms with Gasteiger partial charge in [-0.3, -0.25) is 9.59 Å². The van der Waals surface area contributed by atoms with Crippen molar-refractivity contribution >= 4 is 23.4 Å². The van der Waals surface area contributed by atoms with Gasteiger partial charge in [0, 0.05) is 18.1 Å². The third kappa shape index (κ3) is 5.65. The summed E-state index contributed by atoms with van der Waals surface area (Å²) in [6.07, 6.45) is -5.05. The second-order valence-corrected chi connectivity index (χ2v) is 6.05. The first kappa shape index (κ1) is 20.6. The maximum atomic E-state index is 12.3. The molecule has 0 saturated heterocycles. The molecule has 0 bridgehead atoms. The van der Waals surface area contributed by atoms with Crippen molar-refractivity contribution in [1.82, 2.24) is 15.6 Å². The first-order valence-electron chi connectivity index (χ1n) is 7.83. The van der Waals surface area contributed by atoms with Crippen molar-refractivity contribution in [2.24, 2.45) is 0 Å². The summed E-state index contributed by atoms with van der Waals surface area (Å²) in [6.45, 7) is 0.227. The predicted molar refractivity (Wildman–Crippen MR) is 93.1 cm³/mol. The maximum absolute atomic E-state index is 12.3. The van der Waals surface area contributed by atoms with E-state index in [0.29, 0.717) is 5.02 Å². The van der Waals surface area contributed by atoms with E-state index in [1.54, 1.807) is 36.5 Å². The molecule has 1 aromatic carbocycles. The van der Waals surface area contributed by atoms with Gasteiger partial charge in [-0.15, -0.1) is 0 Å². The number of carbonyl (C=O) groups excluding carboxylic acids is 2. The van der Waals surface area contributed by atoms with Crippen LogP contribution in [0.25, 0.3) is 0 Å². The van der Waals surface area contributed by atoms with E-state index in [4.69, 9.17) is 16.3 Å². The van der Waals surface area contributed by atoms with E-state index in [9.17, 15) is 22.8 Å². The normalized spacial score (nSPS) is 12.4. The highest BCUT2D eigenvalue weighted by molar-refractivity contribution is 6.30. The highest BCUT2D eigenvalue weighted by Gasteiger charge is 2.29. The van der Waals surface area contributed by atoms with Gasteiger partial charge in [0.15, 0.2) is 5.75 Å². The Kier molecular flexibility index (Phi) is 6.37. The fraction of sp³-hybridized carbons (Fsp3) is 0.294. The number of H-pyrrole nitrogens is 1. The molecule has 0 unspecified atom stereocenters. The van der Waals surface area contributed by atoms with E-state index in [-0.39, 0.29) is 17.1 Å². The van der Waals surface area contributed by atoms with Gasteiger partial charge in [-0.2, -0.15) is 13.2 Å². The lowest BCUT2D eigenvalue weighted by Gasteiger charge is -2.15. The van der Waals surface area contributed by atoms with Crippen molar-refractivity contribution in [3.8, 4) is 5.75 Å². The van der Waals surface area contributed by atoms with Crippen LogP contribution in [0.4, 0.5) is 13.2 Å². The molecule has 2 amide bonds. The number of alkyl halides is 3. The Morgan fingerprint density at radius 3 is 2.41 bits per heavy atom. The van der Waals surface area contributed by atoms with Gasteiger partial charge in [0.05, 0.1) is 0 Å².